The van der Waals surface area contributed by atoms with Gasteiger partial charge in [0.2, 0.25) is 0 Å². The number of aromatic nitrogens is 3. The van der Waals surface area contributed by atoms with Crippen molar-refractivity contribution in [1.82, 2.24) is 14.8 Å². The van der Waals surface area contributed by atoms with Crippen molar-refractivity contribution in [2.45, 2.75) is 38.1 Å². The molecule has 138 valence electrons. The van der Waals surface area contributed by atoms with Crippen LogP contribution < -0.4 is 5.32 Å². The second-order valence-electron chi connectivity index (χ2n) is 6.87. The zero-order chi connectivity index (χ0) is 18.6. The van der Waals surface area contributed by atoms with Crippen LogP contribution in [0.1, 0.15) is 48.5 Å². The third-order valence-electron chi connectivity index (χ3n) is 5.04. The molecule has 1 aromatic carbocycles. The molecule has 0 saturated heterocycles. The summed E-state index contributed by atoms with van der Waals surface area (Å²) in [5.41, 5.74) is 2.59. The van der Waals surface area contributed by atoms with E-state index in [2.05, 4.69) is 10.3 Å². The molecule has 1 fully saturated rings. The van der Waals surface area contributed by atoms with Gasteiger partial charge in [-0.2, -0.15) is 5.10 Å². The lowest BCUT2D eigenvalue weighted by molar-refractivity contribution is 0.0698. The standard InChI is InChI=1S/C21H22N4O2/c26-21(27)17-11-12-22-14-19(17)23-20-13-18(15-7-3-1-4-8-15)24-25(20)16-9-5-2-6-10-16/h1,3-4,7-8,11-14,16,23H,2,5-6,9-10H2,(H,26,27). The van der Waals surface area contributed by atoms with Crippen LogP contribution in [-0.4, -0.2) is 25.8 Å². The molecule has 0 spiro atoms. The Morgan fingerprint density at radius 2 is 1.89 bits per heavy atom. The molecule has 6 heteroatoms. The highest BCUT2D eigenvalue weighted by Gasteiger charge is 2.21. The lowest BCUT2D eigenvalue weighted by Gasteiger charge is -2.24. The Kier molecular flexibility index (Phi) is 4.87. The van der Waals surface area contributed by atoms with Crippen molar-refractivity contribution in [2.75, 3.05) is 5.32 Å². The number of benzene rings is 1. The maximum Gasteiger partial charge on any atom is 0.337 e. The van der Waals surface area contributed by atoms with Crippen molar-refractivity contribution in [3.05, 3.63) is 60.4 Å². The maximum atomic E-state index is 11.5. The normalized spacial score (nSPS) is 14.8. The minimum Gasteiger partial charge on any atom is -0.478 e. The third kappa shape index (κ3) is 3.69. The molecule has 27 heavy (non-hydrogen) atoms. The Labute approximate surface area is 157 Å². The first-order valence-corrected chi connectivity index (χ1v) is 9.31. The molecule has 0 aliphatic heterocycles. The smallest absolute Gasteiger partial charge is 0.337 e. The quantitative estimate of drug-likeness (QED) is 0.675. The van der Waals surface area contributed by atoms with Crippen LogP contribution in [0.5, 0.6) is 0 Å². The van der Waals surface area contributed by atoms with E-state index in [1.165, 1.54) is 31.5 Å². The average molecular weight is 362 g/mol. The first kappa shape index (κ1) is 17.3. The Balaban J connectivity index is 1.74. The van der Waals surface area contributed by atoms with Gasteiger partial charge in [-0.1, -0.05) is 49.6 Å². The molecule has 0 radical (unpaired) electrons. The molecular weight excluding hydrogens is 340 g/mol. The van der Waals surface area contributed by atoms with Crippen LogP contribution in [-0.2, 0) is 0 Å². The number of hydrogen-bond acceptors (Lipinski definition) is 4. The fourth-order valence-corrected chi connectivity index (χ4v) is 3.66. The predicted octanol–water partition coefficient (Wildman–Crippen LogP) is 4.89. The number of carbonyl (C=O) groups is 1. The molecule has 2 N–H and O–H groups in total. The Bertz CT molecular complexity index is 930. The van der Waals surface area contributed by atoms with Crippen molar-refractivity contribution in [2.24, 2.45) is 0 Å². The monoisotopic (exact) mass is 362 g/mol. The molecule has 0 atom stereocenters. The van der Waals surface area contributed by atoms with Crippen molar-refractivity contribution in [3.8, 4) is 11.3 Å². The molecule has 6 nitrogen and oxygen atoms in total. The molecule has 0 amide bonds. The third-order valence-corrected chi connectivity index (χ3v) is 5.04. The van der Waals surface area contributed by atoms with Crippen LogP contribution in [0.25, 0.3) is 11.3 Å². The van der Waals surface area contributed by atoms with E-state index in [0.717, 1.165) is 29.9 Å². The minimum absolute atomic E-state index is 0.197. The fraction of sp³-hybridized carbons (Fsp3) is 0.286. The Morgan fingerprint density at radius 3 is 2.63 bits per heavy atom. The second kappa shape index (κ2) is 7.61. The van der Waals surface area contributed by atoms with Crippen LogP contribution in [0.3, 0.4) is 0 Å². The summed E-state index contributed by atoms with van der Waals surface area (Å²) in [7, 11) is 0. The highest BCUT2D eigenvalue weighted by molar-refractivity contribution is 5.94. The summed E-state index contributed by atoms with van der Waals surface area (Å²) in [4.78, 5) is 15.6. The second-order valence-corrected chi connectivity index (χ2v) is 6.87. The van der Waals surface area contributed by atoms with E-state index < -0.39 is 5.97 Å². The highest BCUT2D eigenvalue weighted by atomic mass is 16.4. The van der Waals surface area contributed by atoms with Crippen molar-refractivity contribution in [1.29, 1.82) is 0 Å². The first-order chi connectivity index (χ1) is 13.2. The van der Waals surface area contributed by atoms with E-state index in [9.17, 15) is 9.90 Å². The van der Waals surface area contributed by atoms with Gasteiger partial charge in [0.1, 0.15) is 5.82 Å². The van der Waals surface area contributed by atoms with E-state index in [4.69, 9.17) is 5.10 Å². The number of rotatable bonds is 5. The molecule has 0 unspecified atom stereocenters. The summed E-state index contributed by atoms with van der Waals surface area (Å²) in [5.74, 6) is -0.178. The van der Waals surface area contributed by atoms with Crippen molar-refractivity contribution < 1.29 is 9.90 Å². The summed E-state index contributed by atoms with van der Waals surface area (Å²) in [6, 6.07) is 13.8. The van der Waals surface area contributed by atoms with Gasteiger partial charge in [-0.15, -0.1) is 0 Å². The molecule has 3 aromatic rings. The topological polar surface area (TPSA) is 80.0 Å². The average Bonchev–Trinajstić information content (AvgIpc) is 3.13. The number of nitrogens with one attached hydrogen (secondary N) is 1. The number of hydrogen-bond donors (Lipinski definition) is 2. The zero-order valence-corrected chi connectivity index (χ0v) is 15.0. The van der Waals surface area contributed by atoms with Gasteiger partial charge in [-0.05, 0) is 18.9 Å². The van der Waals surface area contributed by atoms with E-state index in [0.29, 0.717) is 11.7 Å². The molecular formula is C21H22N4O2. The molecule has 2 heterocycles. The van der Waals surface area contributed by atoms with E-state index in [-0.39, 0.29) is 5.56 Å². The van der Waals surface area contributed by atoms with Crippen LogP contribution in [0.4, 0.5) is 11.5 Å². The largest absolute Gasteiger partial charge is 0.478 e. The van der Waals surface area contributed by atoms with Crippen molar-refractivity contribution >= 4 is 17.5 Å². The number of pyridine rings is 1. The zero-order valence-electron chi connectivity index (χ0n) is 15.0. The number of carboxylic acids is 1. The molecule has 1 aliphatic rings. The summed E-state index contributed by atoms with van der Waals surface area (Å²) in [6.45, 7) is 0. The van der Waals surface area contributed by atoms with Gasteiger partial charge in [0.15, 0.2) is 0 Å². The molecule has 2 aromatic heterocycles. The molecule has 1 saturated carbocycles. The van der Waals surface area contributed by atoms with Crippen LogP contribution in [0.2, 0.25) is 0 Å². The highest BCUT2D eigenvalue weighted by Crippen LogP contribution is 2.34. The number of carboxylic acid groups (broad SMARTS) is 1. The fourth-order valence-electron chi connectivity index (χ4n) is 3.66. The number of anilines is 2. The molecule has 1 aliphatic carbocycles. The molecule has 4 rings (SSSR count). The van der Waals surface area contributed by atoms with Crippen molar-refractivity contribution in [3.63, 3.8) is 0 Å². The van der Waals surface area contributed by atoms with E-state index in [1.54, 1.807) is 6.20 Å². The minimum atomic E-state index is -0.980. The Hall–Kier alpha value is -3.15. The van der Waals surface area contributed by atoms with Gasteiger partial charge in [0, 0.05) is 17.8 Å². The van der Waals surface area contributed by atoms with Gasteiger partial charge >= 0.3 is 5.97 Å². The maximum absolute atomic E-state index is 11.5. The van der Waals surface area contributed by atoms with Gasteiger partial charge in [-0.25, -0.2) is 9.48 Å². The van der Waals surface area contributed by atoms with Gasteiger partial charge in [-0.3, -0.25) is 4.98 Å². The van der Waals surface area contributed by atoms with Crippen LogP contribution in [0, 0.1) is 0 Å². The van der Waals surface area contributed by atoms with E-state index >= 15 is 0 Å². The summed E-state index contributed by atoms with van der Waals surface area (Å²) < 4.78 is 2.03. The van der Waals surface area contributed by atoms with Gasteiger partial charge < -0.3 is 10.4 Å². The van der Waals surface area contributed by atoms with Gasteiger partial charge in [0.05, 0.1) is 29.2 Å². The van der Waals surface area contributed by atoms with Crippen LogP contribution >= 0.6 is 0 Å². The lowest BCUT2D eigenvalue weighted by Crippen LogP contribution is -2.16. The number of nitrogens with zero attached hydrogens (tertiary/aromatic N) is 3. The summed E-state index contributed by atoms with van der Waals surface area (Å²) >= 11 is 0. The number of aromatic carboxylic acids is 1. The summed E-state index contributed by atoms with van der Waals surface area (Å²) in [6.07, 6.45) is 8.85. The lowest BCUT2D eigenvalue weighted by atomic mass is 9.96. The Morgan fingerprint density at radius 1 is 1.11 bits per heavy atom. The summed E-state index contributed by atoms with van der Waals surface area (Å²) in [5, 5.41) is 17.6. The predicted molar refractivity (Wildman–Crippen MR) is 104 cm³/mol. The first-order valence-electron chi connectivity index (χ1n) is 9.31. The van der Waals surface area contributed by atoms with Gasteiger partial charge in [0.25, 0.3) is 0 Å². The van der Waals surface area contributed by atoms with Crippen LogP contribution in [0.15, 0.2) is 54.9 Å². The SMILES string of the molecule is O=C(O)c1ccncc1Nc1cc(-c2ccccc2)nn1C1CCCCC1. The molecule has 0 bridgehead atoms. The van der Waals surface area contributed by atoms with E-state index in [1.807, 2.05) is 41.1 Å².